The number of benzene rings is 2. The normalized spacial score (nSPS) is 18.1. The van der Waals surface area contributed by atoms with E-state index < -0.39 is 6.04 Å². The molecule has 0 aliphatic carbocycles. The van der Waals surface area contributed by atoms with Gasteiger partial charge in [0.05, 0.1) is 5.92 Å². The van der Waals surface area contributed by atoms with E-state index in [1.165, 1.54) is 5.56 Å². The third-order valence-electron chi connectivity index (χ3n) is 5.46. The molecule has 0 radical (unpaired) electrons. The molecule has 2 aromatic carbocycles. The van der Waals surface area contributed by atoms with Gasteiger partial charge in [-0.05, 0) is 30.5 Å². The number of likely N-dealkylation sites (N-methyl/N-ethyl adjacent to an activating group) is 1. The number of rotatable bonds is 7. The second-order valence-electron chi connectivity index (χ2n) is 8.04. The van der Waals surface area contributed by atoms with Crippen LogP contribution in [-0.2, 0) is 22.6 Å². The highest BCUT2D eigenvalue weighted by molar-refractivity contribution is 5.88. The minimum Gasteiger partial charge on any atom is -0.347 e. The first kappa shape index (κ1) is 21.1. The average Bonchev–Trinajstić information content (AvgIpc) is 2.74. The summed E-state index contributed by atoms with van der Waals surface area (Å²) in [4.78, 5) is 29.6. The highest BCUT2D eigenvalue weighted by Gasteiger charge is 2.30. The zero-order chi connectivity index (χ0) is 20.6. The van der Waals surface area contributed by atoms with E-state index in [2.05, 4.69) is 22.3 Å². The van der Waals surface area contributed by atoms with Crippen molar-refractivity contribution in [2.24, 2.45) is 5.92 Å². The van der Waals surface area contributed by atoms with Crippen molar-refractivity contribution in [1.29, 1.82) is 0 Å². The Kier molecular flexibility index (Phi) is 7.42. The van der Waals surface area contributed by atoms with Crippen LogP contribution in [0.1, 0.15) is 24.0 Å². The van der Waals surface area contributed by atoms with Gasteiger partial charge in [-0.1, -0.05) is 60.7 Å². The van der Waals surface area contributed by atoms with Gasteiger partial charge in [0.25, 0.3) is 0 Å². The van der Waals surface area contributed by atoms with Crippen LogP contribution < -0.4 is 5.32 Å². The van der Waals surface area contributed by atoms with Crippen molar-refractivity contribution >= 4 is 11.8 Å². The summed E-state index contributed by atoms with van der Waals surface area (Å²) in [5.74, 6) is -0.168. The molecular formula is C24H31N3O2. The lowest BCUT2D eigenvalue weighted by atomic mass is 9.95. The maximum Gasteiger partial charge on any atom is 0.244 e. The molecule has 1 aliphatic heterocycles. The van der Waals surface area contributed by atoms with Crippen molar-refractivity contribution in [2.45, 2.75) is 31.8 Å². The van der Waals surface area contributed by atoms with E-state index in [1.54, 1.807) is 19.0 Å². The van der Waals surface area contributed by atoms with Gasteiger partial charge in [-0.3, -0.25) is 14.5 Å². The van der Waals surface area contributed by atoms with Crippen LogP contribution in [0.25, 0.3) is 0 Å². The molecule has 29 heavy (non-hydrogen) atoms. The van der Waals surface area contributed by atoms with Crippen LogP contribution in [0.2, 0.25) is 0 Å². The standard InChI is InChI=1S/C24H31N3O2/c1-26(2)24(29)22(16-19-10-5-3-6-11-19)25-23(28)21-14-9-15-27(18-21)17-20-12-7-4-8-13-20/h3-8,10-13,21-22H,9,14-18H2,1-2H3,(H,25,28). The number of likely N-dealkylation sites (tertiary alicyclic amines) is 1. The van der Waals surface area contributed by atoms with Gasteiger partial charge in [-0.2, -0.15) is 0 Å². The number of amides is 2. The van der Waals surface area contributed by atoms with Crippen LogP contribution in [0.15, 0.2) is 60.7 Å². The minimum absolute atomic E-state index is 0.0149. The van der Waals surface area contributed by atoms with Gasteiger partial charge in [-0.15, -0.1) is 0 Å². The predicted octanol–water partition coefficient (Wildman–Crippen LogP) is 2.71. The molecule has 5 heteroatoms. The first-order chi connectivity index (χ1) is 14.0. The van der Waals surface area contributed by atoms with Crippen molar-refractivity contribution < 1.29 is 9.59 Å². The summed E-state index contributed by atoms with van der Waals surface area (Å²) in [5.41, 5.74) is 2.31. The third kappa shape index (κ3) is 6.16. The van der Waals surface area contributed by atoms with Crippen LogP contribution >= 0.6 is 0 Å². The van der Waals surface area contributed by atoms with Crippen molar-refractivity contribution in [2.75, 3.05) is 27.2 Å². The van der Waals surface area contributed by atoms with Crippen molar-refractivity contribution in [3.63, 3.8) is 0 Å². The molecule has 3 rings (SSSR count). The van der Waals surface area contributed by atoms with Gasteiger partial charge >= 0.3 is 0 Å². The first-order valence-corrected chi connectivity index (χ1v) is 10.3. The highest BCUT2D eigenvalue weighted by Crippen LogP contribution is 2.19. The topological polar surface area (TPSA) is 52.7 Å². The summed E-state index contributed by atoms with van der Waals surface area (Å²) in [6.45, 7) is 2.59. The summed E-state index contributed by atoms with van der Waals surface area (Å²) in [6.07, 6.45) is 2.37. The summed E-state index contributed by atoms with van der Waals surface area (Å²) in [6, 6.07) is 19.7. The van der Waals surface area contributed by atoms with Crippen molar-refractivity contribution in [3.8, 4) is 0 Å². The molecule has 5 nitrogen and oxygen atoms in total. The molecule has 2 amide bonds. The number of piperidine rings is 1. The van der Waals surface area contributed by atoms with Crippen LogP contribution in [0, 0.1) is 5.92 Å². The molecule has 0 spiro atoms. The molecule has 1 heterocycles. The summed E-state index contributed by atoms with van der Waals surface area (Å²) >= 11 is 0. The zero-order valence-corrected chi connectivity index (χ0v) is 17.4. The Morgan fingerprint density at radius 3 is 2.28 bits per heavy atom. The Hall–Kier alpha value is -2.66. The Bertz CT molecular complexity index is 792. The zero-order valence-electron chi connectivity index (χ0n) is 17.4. The van der Waals surface area contributed by atoms with Crippen molar-refractivity contribution in [1.82, 2.24) is 15.1 Å². The molecule has 0 bridgehead atoms. The maximum absolute atomic E-state index is 13.0. The summed E-state index contributed by atoms with van der Waals surface area (Å²) in [5, 5.41) is 3.04. The summed E-state index contributed by atoms with van der Waals surface area (Å²) in [7, 11) is 3.46. The molecule has 1 fully saturated rings. The molecule has 1 aliphatic rings. The van der Waals surface area contributed by atoms with Gasteiger partial charge < -0.3 is 10.2 Å². The van der Waals surface area contributed by atoms with E-state index in [-0.39, 0.29) is 17.7 Å². The average molecular weight is 394 g/mol. The lowest BCUT2D eigenvalue weighted by molar-refractivity contribution is -0.136. The first-order valence-electron chi connectivity index (χ1n) is 10.3. The van der Waals surface area contributed by atoms with Gasteiger partial charge in [0.1, 0.15) is 6.04 Å². The molecule has 2 aromatic rings. The Labute approximate surface area is 173 Å². The van der Waals surface area contributed by atoms with Gasteiger partial charge in [-0.25, -0.2) is 0 Å². The fourth-order valence-corrected chi connectivity index (χ4v) is 3.91. The largest absolute Gasteiger partial charge is 0.347 e. The van der Waals surface area contributed by atoms with E-state index in [0.29, 0.717) is 6.42 Å². The molecule has 2 unspecified atom stereocenters. The molecule has 2 atom stereocenters. The van der Waals surface area contributed by atoms with E-state index in [4.69, 9.17) is 0 Å². The second kappa shape index (κ2) is 10.2. The predicted molar refractivity (Wildman–Crippen MR) is 115 cm³/mol. The van der Waals surface area contributed by atoms with Crippen molar-refractivity contribution in [3.05, 3.63) is 71.8 Å². The lowest BCUT2D eigenvalue weighted by Gasteiger charge is -2.33. The van der Waals surface area contributed by atoms with Gasteiger partial charge in [0.2, 0.25) is 11.8 Å². The number of nitrogens with zero attached hydrogens (tertiary/aromatic N) is 2. The van der Waals surface area contributed by atoms with E-state index in [0.717, 1.165) is 38.0 Å². The molecule has 1 N–H and O–H groups in total. The maximum atomic E-state index is 13.0. The smallest absolute Gasteiger partial charge is 0.244 e. The minimum atomic E-state index is -0.538. The number of hydrogen-bond donors (Lipinski definition) is 1. The van der Waals surface area contributed by atoms with Crippen LogP contribution in [0.3, 0.4) is 0 Å². The van der Waals surface area contributed by atoms with E-state index >= 15 is 0 Å². The number of carbonyl (C=O) groups excluding carboxylic acids is 2. The number of carbonyl (C=O) groups is 2. The second-order valence-corrected chi connectivity index (χ2v) is 8.04. The molecule has 1 saturated heterocycles. The third-order valence-corrected chi connectivity index (χ3v) is 5.46. The highest BCUT2D eigenvalue weighted by atomic mass is 16.2. The molecule has 154 valence electrons. The lowest BCUT2D eigenvalue weighted by Crippen LogP contribution is -2.51. The van der Waals surface area contributed by atoms with E-state index in [9.17, 15) is 9.59 Å². The van der Waals surface area contributed by atoms with Crippen LogP contribution in [0.5, 0.6) is 0 Å². The quantitative estimate of drug-likeness (QED) is 0.787. The fraction of sp³-hybridized carbons (Fsp3) is 0.417. The molecule has 0 saturated carbocycles. The van der Waals surface area contributed by atoms with Gasteiger partial charge in [0, 0.05) is 33.6 Å². The SMILES string of the molecule is CN(C)C(=O)C(Cc1ccccc1)NC(=O)C1CCCN(Cc2ccccc2)C1. The van der Waals surface area contributed by atoms with Crippen LogP contribution in [-0.4, -0.2) is 54.8 Å². The Morgan fingerprint density at radius 1 is 1.03 bits per heavy atom. The Balaban J connectivity index is 1.62. The number of nitrogens with one attached hydrogen (secondary N) is 1. The fourth-order valence-electron chi connectivity index (χ4n) is 3.91. The monoisotopic (exact) mass is 393 g/mol. The van der Waals surface area contributed by atoms with Gasteiger partial charge in [0.15, 0.2) is 0 Å². The Morgan fingerprint density at radius 2 is 1.66 bits per heavy atom. The molecule has 0 aromatic heterocycles. The van der Waals surface area contributed by atoms with Crippen LogP contribution in [0.4, 0.5) is 0 Å². The van der Waals surface area contributed by atoms with E-state index in [1.807, 2.05) is 48.5 Å². The molecular weight excluding hydrogens is 362 g/mol. The summed E-state index contributed by atoms with van der Waals surface area (Å²) < 4.78 is 0. The number of hydrogen-bond acceptors (Lipinski definition) is 3.